The summed E-state index contributed by atoms with van der Waals surface area (Å²) in [4.78, 5) is 13.8. The Morgan fingerprint density at radius 3 is 2.92 bits per heavy atom. The maximum absolute atomic E-state index is 4.13. The molecule has 4 nitrogen and oxygen atoms in total. The number of aromatic nitrogens is 2. The standard InChI is InChI=1S/C7H9BrN4/c1-12(2)5-11-6-3-9-4-10-7(6)8/h3-5H,1-2H3/b11-5+. The second-order valence-electron chi connectivity index (χ2n) is 2.41. The first-order chi connectivity index (χ1) is 5.70. The number of halogens is 1. The number of rotatable bonds is 2. The van der Waals surface area contributed by atoms with Crippen molar-refractivity contribution < 1.29 is 0 Å². The molecule has 0 amide bonds. The third-order valence-electron chi connectivity index (χ3n) is 1.07. The smallest absolute Gasteiger partial charge is 0.135 e. The molecular formula is C7H9BrN4. The predicted molar refractivity (Wildman–Crippen MR) is 51.6 cm³/mol. The molecule has 1 rings (SSSR count). The van der Waals surface area contributed by atoms with Crippen LogP contribution < -0.4 is 0 Å². The predicted octanol–water partition coefficient (Wildman–Crippen LogP) is 1.46. The van der Waals surface area contributed by atoms with E-state index in [0.717, 1.165) is 5.69 Å². The minimum atomic E-state index is 0.704. The third-order valence-corrected chi connectivity index (χ3v) is 1.68. The molecule has 0 aliphatic rings. The van der Waals surface area contributed by atoms with Gasteiger partial charge in [0.2, 0.25) is 0 Å². The molecule has 1 aromatic rings. The van der Waals surface area contributed by atoms with Crippen LogP contribution in [0, 0.1) is 0 Å². The first-order valence-corrected chi connectivity index (χ1v) is 4.15. The molecule has 12 heavy (non-hydrogen) atoms. The van der Waals surface area contributed by atoms with Gasteiger partial charge in [-0.1, -0.05) is 0 Å². The highest BCUT2D eigenvalue weighted by Crippen LogP contribution is 2.19. The molecule has 0 aromatic carbocycles. The highest BCUT2D eigenvalue weighted by atomic mass is 79.9. The Labute approximate surface area is 79.5 Å². The fourth-order valence-electron chi connectivity index (χ4n) is 0.572. The lowest BCUT2D eigenvalue weighted by Crippen LogP contribution is -2.07. The van der Waals surface area contributed by atoms with Crippen LogP contribution in [-0.4, -0.2) is 35.3 Å². The zero-order valence-corrected chi connectivity index (χ0v) is 8.48. The molecule has 0 fully saturated rings. The topological polar surface area (TPSA) is 41.4 Å². The van der Waals surface area contributed by atoms with E-state index < -0.39 is 0 Å². The molecule has 1 heterocycles. The Bertz CT molecular complexity index is 284. The van der Waals surface area contributed by atoms with Crippen molar-refractivity contribution in [1.82, 2.24) is 14.9 Å². The zero-order valence-electron chi connectivity index (χ0n) is 6.90. The van der Waals surface area contributed by atoms with Gasteiger partial charge in [-0.3, -0.25) is 0 Å². The fourth-order valence-corrected chi connectivity index (χ4v) is 0.868. The Hall–Kier alpha value is -0.970. The maximum atomic E-state index is 4.13. The number of aliphatic imine (C=N–C) groups is 1. The molecule has 0 radical (unpaired) electrons. The van der Waals surface area contributed by atoms with Crippen LogP contribution in [0.15, 0.2) is 22.1 Å². The van der Waals surface area contributed by atoms with E-state index in [-0.39, 0.29) is 0 Å². The lowest BCUT2D eigenvalue weighted by Gasteiger charge is -2.02. The van der Waals surface area contributed by atoms with Crippen molar-refractivity contribution in [1.29, 1.82) is 0 Å². The minimum Gasteiger partial charge on any atom is -0.369 e. The monoisotopic (exact) mass is 228 g/mol. The van der Waals surface area contributed by atoms with E-state index in [0.29, 0.717) is 4.60 Å². The molecule has 0 spiro atoms. The van der Waals surface area contributed by atoms with Gasteiger partial charge in [0.05, 0.1) is 12.5 Å². The third kappa shape index (κ3) is 2.58. The Morgan fingerprint density at radius 2 is 2.33 bits per heavy atom. The van der Waals surface area contributed by atoms with Gasteiger partial charge in [0, 0.05) is 14.1 Å². The lowest BCUT2D eigenvalue weighted by atomic mass is 10.6. The Morgan fingerprint density at radius 1 is 1.58 bits per heavy atom. The van der Waals surface area contributed by atoms with E-state index in [2.05, 4.69) is 30.9 Å². The molecule has 0 aliphatic carbocycles. The van der Waals surface area contributed by atoms with Gasteiger partial charge in [-0.05, 0) is 15.9 Å². The van der Waals surface area contributed by atoms with Gasteiger partial charge < -0.3 is 4.90 Å². The second kappa shape index (κ2) is 4.15. The number of hydrogen-bond donors (Lipinski definition) is 0. The van der Waals surface area contributed by atoms with Crippen molar-refractivity contribution in [2.75, 3.05) is 14.1 Å². The van der Waals surface area contributed by atoms with E-state index >= 15 is 0 Å². The molecule has 0 bridgehead atoms. The highest BCUT2D eigenvalue weighted by molar-refractivity contribution is 9.10. The summed E-state index contributed by atoms with van der Waals surface area (Å²) < 4.78 is 0.704. The van der Waals surface area contributed by atoms with E-state index in [9.17, 15) is 0 Å². The van der Waals surface area contributed by atoms with Crippen LogP contribution in [-0.2, 0) is 0 Å². The first kappa shape index (κ1) is 9.12. The van der Waals surface area contributed by atoms with E-state index in [1.165, 1.54) is 6.33 Å². The summed E-state index contributed by atoms with van der Waals surface area (Å²) in [6, 6.07) is 0. The average molecular weight is 229 g/mol. The van der Waals surface area contributed by atoms with Gasteiger partial charge in [-0.15, -0.1) is 0 Å². The van der Waals surface area contributed by atoms with Crippen LogP contribution in [0.25, 0.3) is 0 Å². The summed E-state index contributed by atoms with van der Waals surface area (Å²) in [5.74, 6) is 0. The van der Waals surface area contributed by atoms with Crippen molar-refractivity contribution in [3.05, 3.63) is 17.1 Å². The zero-order chi connectivity index (χ0) is 8.97. The molecule has 64 valence electrons. The van der Waals surface area contributed by atoms with E-state index in [4.69, 9.17) is 0 Å². The molecule has 0 atom stereocenters. The summed E-state index contributed by atoms with van der Waals surface area (Å²) in [5, 5.41) is 0. The van der Waals surface area contributed by atoms with Gasteiger partial charge in [-0.25, -0.2) is 15.0 Å². The van der Waals surface area contributed by atoms with Crippen molar-refractivity contribution in [3.8, 4) is 0 Å². The van der Waals surface area contributed by atoms with E-state index in [1.807, 2.05) is 19.0 Å². The Kier molecular flexibility index (Phi) is 3.16. The second-order valence-corrected chi connectivity index (χ2v) is 3.16. The van der Waals surface area contributed by atoms with Crippen LogP contribution in [0.5, 0.6) is 0 Å². The molecule has 0 N–H and O–H groups in total. The van der Waals surface area contributed by atoms with Crippen molar-refractivity contribution in [3.63, 3.8) is 0 Å². The SMILES string of the molecule is CN(C)/C=N/c1cncnc1Br. The van der Waals surface area contributed by atoms with Crippen LogP contribution in [0.1, 0.15) is 0 Å². The van der Waals surface area contributed by atoms with Gasteiger partial charge in [0.1, 0.15) is 16.6 Å². The summed E-state index contributed by atoms with van der Waals surface area (Å²) in [6.07, 6.45) is 4.82. The van der Waals surface area contributed by atoms with E-state index in [1.54, 1.807) is 12.5 Å². The quantitative estimate of drug-likeness (QED) is 0.438. The average Bonchev–Trinajstić information content (AvgIpc) is 2.03. The van der Waals surface area contributed by atoms with Gasteiger partial charge in [0.25, 0.3) is 0 Å². The maximum Gasteiger partial charge on any atom is 0.135 e. The summed E-state index contributed by atoms with van der Waals surface area (Å²) >= 11 is 3.26. The van der Waals surface area contributed by atoms with Crippen LogP contribution in [0.4, 0.5) is 5.69 Å². The van der Waals surface area contributed by atoms with Crippen LogP contribution in [0.2, 0.25) is 0 Å². The van der Waals surface area contributed by atoms with Crippen molar-refractivity contribution in [2.24, 2.45) is 4.99 Å². The normalized spacial score (nSPS) is 10.6. The highest BCUT2D eigenvalue weighted by Gasteiger charge is 1.95. The van der Waals surface area contributed by atoms with Gasteiger partial charge >= 0.3 is 0 Å². The van der Waals surface area contributed by atoms with Gasteiger partial charge in [-0.2, -0.15) is 0 Å². The molecule has 0 saturated carbocycles. The molecule has 5 heteroatoms. The molecule has 0 unspecified atom stereocenters. The summed E-state index contributed by atoms with van der Waals surface area (Å²) in [7, 11) is 3.81. The molecule has 0 saturated heterocycles. The van der Waals surface area contributed by atoms with Crippen LogP contribution in [0.3, 0.4) is 0 Å². The van der Waals surface area contributed by atoms with Crippen molar-refractivity contribution in [2.45, 2.75) is 0 Å². The number of nitrogens with zero attached hydrogens (tertiary/aromatic N) is 4. The van der Waals surface area contributed by atoms with Crippen molar-refractivity contribution >= 4 is 28.0 Å². The Balaban J connectivity index is 2.82. The lowest BCUT2D eigenvalue weighted by molar-refractivity contribution is 0.643. The molecule has 0 aliphatic heterocycles. The van der Waals surface area contributed by atoms with Gasteiger partial charge in [0.15, 0.2) is 0 Å². The minimum absolute atomic E-state index is 0.704. The largest absolute Gasteiger partial charge is 0.369 e. The summed E-state index contributed by atoms with van der Waals surface area (Å²) in [6.45, 7) is 0. The van der Waals surface area contributed by atoms with Crippen LogP contribution >= 0.6 is 15.9 Å². The number of hydrogen-bond acceptors (Lipinski definition) is 3. The fraction of sp³-hybridized carbons (Fsp3) is 0.286. The first-order valence-electron chi connectivity index (χ1n) is 3.36. The molecular weight excluding hydrogens is 220 g/mol. The molecule has 1 aromatic heterocycles. The summed E-state index contributed by atoms with van der Waals surface area (Å²) in [5.41, 5.74) is 0.728.